The molecule has 0 bridgehead atoms. The van der Waals surface area contributed by atoms with Crippen LogP contribution in [0.5, 0.6) is 5.75 Å². The van der Waals surface area contributed by atoms with E-state index in [4.69, 9.17) is 10.5 Å². The second kappa shape index (κ2) is 5.43. The summed E-state index contributed by atoms with van der Waals surface area (Å²) in [4.78, 5) is 0. The summed E-state index contributed by atoms with van der Waals surface area (Å²) in [6.45, 7) is 2.63. The fourth-order valence-electron chi connectivity index (χ4n) is 2.82. The molecule has 1 atom stereocenters. The molecule has 0 saturated heterocycles. The minimum Gasteiger partial charge on any atom is -0.493 e. The fourth-order valence-corrected chi connectivity index (χ4v) is 3.37. The van der Waals surface area contributed by atoms with E-state index in [0.29, 0.717) is 13.0 Å². The van der Waals surface area contributed by atoms with Gasteiger partial charge >= 0.3 is 0 Å². The Bertz CT molecular complexity index is 684. The fraction of sp³-hybridized carbons (Fsp3) is 0.294. The van der Waals surface area contributed by atoms with Crippen LogP contribution in [0, 0.1) is 5.82 Å². The van der Waals surface area contributed by atoms with Gasteiger partial charge in [-0.2, -0.15) is 0 Å². The summed E-state index contributed by atoms with van der Waals surface area (Å²) in [5.41, 5.74) is 8.85. The zero-order valence-electron chi connectivity index (χ0n) is 11.8. The van der Waals surface area contributed by atoms with Crippen LogP contribution < -0.4 is 10.5 Å². The van der Waals surface area contributed by atoms with Gasteiger partial charge in [0.05, 0.1) is 6.61 Å². The number of rotatable bonds is 3. The number of ether oxygens (including phenoxy) is 1. The van der Waals surface area contributed by atoms with Gasteiger partial charge in [-0.15, -0.1) is 0 Å². The van der Waals surface area contributed by atoms with Crippen molar-refractivity contribution in [1.82, 2.24) is 0 Å². The molecule has 2 aromatic rings. The first-order chi connectivity index (χ1) is 9.95. The Morgan fingerprint density at radius 2 is 2.14 bits per heavy atom. The monoisotopic (exact) mass is 349 g/mol. The first-order valence-corrected chi connectivity index (χ1v) is 7.74. The van der Waals surface area contributed by atoms with Crippen LogP contribution in [-0.2, 0) is 18.4 Å². The quantitative estimate of drug-likeness (QED) is 0.910. The number of nitrogens with two attached hydrogens (primary N) is 1. The van der Waals surface area contributed by atoms with Crippen molar-refractivity contribution in [2.75, 3.05) is 6.61 Å². The lowest BCUT2D eigenvalue weighted by Crippen LogP contribution is -2.35. The molecule has 0 amide bonds. The maximum Gasteiger partial charge on any atom is 0.125 e. The standard InChI is InChI=1S/C17H17BrFNO/c1-17(20,13-3-2-4-15(19)9-13)10-12-8-14(18)7-11-5-6-21-16(11)12/h2-4,7-9H,5-6,10,20H2,1H3. The highest BCUT2D eigenvalue weighted by Crippen LogP contribution is 2.36. The number of benzene rings is 2. The summed E-state index contributed by atoms with van der Waals surface area (Å²) in [6, 6.07) is 10.6. The summed E-state index contributed by atoms with van der Waals surface area (Å²) < 4.78 is 20.2. The van der Waals surface area contributed by atoms with E-state index in [2.05, 4.69) is 22.0 Å². The zero-order chi connectivity index (χ0) is 15.0. The summed E-state index contributed by atoms with van der Waals surface area (Å²) in [6.07, 6.45) is 1.52. The van der Waals surface area contributed by atoms with Crippen LogP contribution in [0.15, 0.2) is 40.9 Å². The molecular formula is C17H17BrFNO. The Kier molecular flexibility index (Phi) is 3.76. The van der Waals surface area contributed by atoms with E-state index in [1.807, 2.05) is 19.1 Å². The van der Waals surface area contributed by atoms with E-state index in [0.717, 1.165) is 27.8 Å². The van der Waals surface area contributed by atoms with Gasteiger partial charge in [-0.25, -0.2) is 4.39 Å². The third kappa shape index (κ3) is 2.97. The molecule has 0 aromatic heterocycles. The predicted octanol–water partition coefficient (Wildman–Crippen LogP) is 3.94. The van der Waals surface area contributed by atoms with Crippen molar-refractivity contribution >= 4 is 15.9 Å². The lowest BCUT2D eigenvalue weighted by Gasteiger charge is -2.26. The van der Waals surface area contributed by atoms with Crippen molar-refractivity contribution in [2.45, 2.75) is 25.3 Å². The minimum absolute atomic E-state index is 0.264. The average Bonchev–Trinajstić information content (AvgIpc) is 2.86. The molecule has 1 unspecified atom stereocenters. The van der Waals surface area contributed by atoms with Gasteiger partial charge in [-0.3, -0.25) is 0 Å². The molecule has 4 heteroatoms. The van der Waals surface area contributed by atoms with Crippen LogP contribution in [0.3, 0.4) is 0 Å². The number of halogens is 2. The number of fused-ring (bicyclic) bond motifs is 1. The minimum atomic E-state index is -0.650. The van der Waals surface area contributed by atoms with Crippen LogP contribution in [-0.4, -0.2) is 6.61 Å². The SMILES string of the molecule is CC(N)(Cc1cc(Br)cc2c1OCC2)c1cccc(F)c1. The molecule has 3 rings (SSSR count). The average molecular weight is 350 g/mol. The van der Waals surface area contributed by atoms with Crippen LogP contribution in [0.25, 0.3) is 0 Å². The van der Waals surface area contributed by atoms with Gasteiger partial charge in [0, 0.05) is 16.4 Å². The molecule has 2 N–H and O–H groups in total. The summed E-state index contributed by atoms with van der Waals surface area (Å²) >= 11 is 3.53. The van der Waals surface area contributed by atoms with Gasteiger partial charge < -0.3 is 10.5 Å². The Morgan fingerprint density at radius 3 is 2.90 bits per heavy atom. The van der Waals surface area contributed by atoms with E-state index in [9.17, 15) is 4.39 Å². The second-order valence-corrected chi connectivity index (χ2v) is 6.67. The van der Waals surface area contributed by atoms with E-state index >= 15 is 0 Å². The van der Waals surface area contributed by atoms with Crippen molar-refractivity contribution in [3.05, 3.63) is 63.4 Å². The van der Waals surface area contributed by atoms with Gasteiger partial charge in [0.25, 0.3) is 0 Å². The molecule has 0 spiro atoms. The highest BCUT2D eigenvalue weighted by atomic mass is 79.9. The highest BCUT2D eigenvalue weighted by molar-refractivity contribution is 9.10. The molecule has 1 heterocycles. The van der Waals surface area contributed by atoms with E-state index < -0.39 is 5.54 Å². The van der Waals surface area contributed by atoms with Crippen LogP contribution >= 0.6 is 15.9 Å². The van der Waals surface area contributed by atoms with E-state index in [1.54, 1.807) is 6.07 Å². The molecule has 1 aliphatic heterocycles. The first-order valence-electron chi connectivity index (χ1n) is 6.95. The van der Waals surface area contributed by atoms with Gasteiger partial charge in [-0.1, -0.05) is 28.1 Å². The molecule has 0 fully saturated rings. The third-order valence-corrected chi connectivity index (χ3v) is 4.32. The predicted molar refractivity (Wildman–Crippen MR) is 85.0 cm³/mol. The van der Waals surface area contributed by atoms with Gasteiger partial charge in [-0.05, 0) is 54.3 Å². The van der Waals surface area contributed by atoms with Crippen LogP contribution in [0.4, 0.5) is 4.39 Å². The normalized spacial score (nSPS) is 16.2. The summed E-state index contributed by atoms with van der Waals surface area (Å²) in [7, 11) is 0. The van der Waals surface area contributed by atoms with Gasteiger partial charge in [0.1, 0.15) is 11.6 Å². The molecule has 1 aliphatic rings. The molecule has 0 aliphatic carbocycles. The molecule has 21 heavy (non-hydrogen) atoms. The molecular weight excluding hydrogens is 333 g/mol. The molecule has 110 valence electrons. The van der Waals surface area contributed by atoms with E-state index in [1.165, 1.54) is 17.7 Å². The van der Waals surface area contributed by atoms with Gasteiger partial charge in [0.2, 0.25) is 0 Å². The molecule has 0 radical (unpaired) electrons. The lowest BCUT2D eigenvalue weighted by molar-refractivity contribution is 0.349. The number of hydrogen-bond acceptors (Lipinski definition) is 2. The zero-order valence-corrected chi connectivity index (χ0v) is 13.4. The van der Waals surface area contributed by atoms with Crippen LogP contribution in [0.1, 0.15) is 23.6 Å². The molecule has 0 saturated carbocycles. The smallest absolute Gasteiger partial charge is 0.125 e. The number of hydrogen-bond donors (Lipinski definition) is 1. The Balaban J connectivity index is 1.96. The largest absolute Gasteiger partial charge is 0.493 e. The van der Waals surface area contributed by atoms with E-state index in [-0.39, 0.29) is 5.82 Å². The Hall–Kier alpha value is -1.39. The highest BCUT2D eigenvalue weighted by Gasteiger charge is 2.26. The third-order valence-electron chi connectivity index (χ3n) is 3.87. The second-order valence-electron chi connectivity index (χ2n) is 5.76. The van der Waals surface area contributed by atoms with Crippen molar-refractivity contribution in [3.63, 3.8) is 0 Å². The molecule has 2 aromatic carbocycles. The Morgan fingerprint density at radius 1 is 1.33 bits per heavy atom. The van der Waals surface area contributed by atoms with Crippen molar-refractivity contribution in [3.8, 4) is 5.75 Å². The Labute approximate surface area is 132 Å². The van der Waals surface area contributed by atoms with Crippen molar-refractivity contribution in [2.24, 2.45) is 5.73 Å². The maximum atomic E-state index is 13.4. The van der Waals surface area contributed by atoms with Crippen LogP contribution in [0.2, 0.25) is 0 Å². The van der Waals surface area contributed by atoms with Crippen molar-refractivity contribution in [1.29, 1.82) is 0 Å². The topological polar surface area (TPSA) is 35.2 Å². The first kappa shape index (κ1) is 14.5. The maximum absolute atomic E-state index is 13.4. The lowest BCUT2D eigenvalue weighted by atomic mass is 9.86. The van der Waals surface area contributed by atoms with Crippen molar-refractivity contribution < 1.29 is 9.13 Å². The van der Waals surface area contributed by atoms with Gasteiger partial charge in [0.15, 0.2) is 0 Å². The summed E-state index contributed by atoms with van der Waals surface area (Å²) in [5, 5.41) is 0. The summed E-state index contributed by atoms with van der Waals surface area (Å²) in [5.74, 6) is 0.672. The molecule has 2 nitrogen and oxygen atoms in total.